The molecule has 2 amide bonds. The van der Waals surface area contributed by atoms with Crippen LogP contribution in [-0.2, 0) is 25.5 Å². The Morgan fingerprint density at radius 3 is 2.42 bits per heavy atom. The molecule has 9 unspecified atom stereocenters. The van der Waals surface area contributed by atoms with Crippen molar-refractivity contribution in [3.63, 3.8) is 0 Å². The van der Waals surface area contributed by atoms with E-state index in [1.807, 2.05) is 12.1 Å². The maximum atomic E-state index is 12.7. The number of hydrogen-bond acceptors (Lipinski definition) is 5. The van der Waals surface area contributed by atoms with E-state index in [9.17, 15) is 14.4 Å². The molecule has 0 radical (unpaired) electrons. The Morgan fingerprint density at radius 2 is 1.70 bits per heavy atom. The van der Waals surface area contributed by atoms with E-state index in [0.29, 0.717) is 36.0 Å². The average Bonchev–Trinajstić information content (AvgIpc) is 3.48. The molecular formula is C46H69N3O4. The summed E-state index contributed by atoms with van der Waals surface area (Å²) in [5.41, 5.74) is 4.00. The van der Waals surface area contributed by atoms with E-state index in [1.165, 1.54) is 64.7 Å². The first-order valence-electron chi connectivity index (χ1n) is 21.2. The van der Waals surface area contributed by atoms with E-state index in [4.69, 9.17) is 10.00 Å². The number of ketones is 1. The van der Waals surface area contributed by atoms with Gasteiger partial charge in [0, 0.05) is 38.5 Å². The summed E-state index contributed by atoms with van der Waals surface area (Å²) in [7, 11) is 0. The molecule has 0 spiro atoms. The summed E-state index contributed by atoms with van der Waals surface area (Å²) in [5, 5.41) is 14.9. The van der Waals surface area contributed by atoms with Crippen molar-refractivity contribution in [2.24, 2.45) is 46.3 Å². The summed E-state index contributed by atoms with van der Waals surface area (Å²) >= 11 is 0. The molecule has 2 N–H and O–H groups in total. The molecule has 4 aliphatic carbocycles. The number of carbonyl (C=O) groups is 3. The number of ether oxygens (including phenoxy) is 1. The summed E-state index contributed by atoms with van der Waals surface area (Å²) in [4.78, 5) is 37.0. The number of fused-ring (bicyclic) bond motifs is 5. The maximum absolute atomic E-state index is 12.7. The van der Waals surface area contributed by atoms with Gasteiger partial charge in [0.1, 0.15) is 5.78 Å². The van der Waals surface area contributed by atoms with Crippen molar-refractivity contribution in [1.29, 1.82) is 5.26 Å². The lowest BCUT2D eigenvalue weighted by atomic mass is 9.47. The molecule has 0 saturated heterocycles. The van der Waals surface area contributed by atoms with Crippen LogP contribution >= 0.6 is 0 Å². The first-order valence-corrected chi connectivity index (χ1v) is 21.2. The molecule has 3 saturated carbocycles. The maximum Gasteiger partial charge on any atom is 0.220 e. The van der Waals surface area contributed by atoms with Gasteiger partial charge in [-0.3, -0.25) is 14.4 Å². The zero-order valence-electron chi connectivity index (χ0n) is 33.8. The Kier molecular flexibility index (Phi) is 14.4. The minimum Gasteiger partial charge on any atom is -0.378 e. The van der Waals surface area contributed by atoms with Crippen LogP contribution in [0.25, 0.3) is 0 Å². The minimum absolute atomic E-state index is 0.0122. The lowest BCUT2D eigenvalue weighted by Gasteiger charge is -2.58. The number of carbonyl (C=O) groups excluding carboxylic acids is 3. The van der Waals surface area contributed by atoms with E-state index in [2.05, 4.69) is 57.4 Å². The van der Waals surface area contributed by atoms with Gasteiger partial charge in [-0.25, -0.2) is 0 Å². The minimum atomic E-state index is -0.354. The number of amides is 2. The second-order valence-corrected chi connectivity index (χ2v) is 18.4. The van der Waals surface area contributed by atoms with Crippen LogP contribution in [0.5, 0.6) is 0 Å². The highest BCUT2D eigenvalue weighted by molar-refractivity contribution is 5.84. The highest BCUT2D eigenvalue weighted by atomic mass is 16.5. The predicted octanol–water partition coefficient (Wildman–Crippen LogP) is 9.28. The van der Waals surface area contributed by atoms with Gasteiger partial charge >= 0.3 is 0 Å². The van der Waals surface area contributed by atoms with Gasteiger partial charge in [0.15, 0.2) is 0 Å². The number of allylic oxidation sites excluding steroid dienone is 1. The van der Waals surface area contributed by atoms with E-state index in [0.717, 1.165) is 60.3 Å². The normalized spacial score (nSPS) is 30.2. The molecule has 7 heteroatoms. The summed E-state index contributed by atoms with van der Waals surface area (Å²) in [6.07, 6.45) is 19.0. The third-order valence-electron chi connectivity index (χ3n) is 14.3. The Hall–Kier alpha value is -2.98. The Labute approximate surface area is 320 Å². The Balaban J connectivity index is 1.00. The monoisotopic (exact) mass is 728 g/mol. The van der Waals surface area contributed by atoms with E-state index in [-0.39, 0.29) is 49.0 Å². The molecule has 7 nitrogen and oxygen atoms in total. The van der Waals surface area contributed by atoms with Crippen LogP contribution in [0, 0.1) is 57.7 Å². The van der Waals surface area contributed by atoms with Crippen molar-refractivity contribution in [2.45, 2.75) is 156 Å². The molecule has 3 fully saturated rings. The number of Topliss-reactive ketones (excluding diaryl/α,β-unsaturated/α-hetero) is 1. The van der Waals surface area contributed by atoms with E-state index < -0.39 is 0 Å². The SMILES string of the molecule is CC(=O)CC(Cc1ccc(C#N)cc1)NC(=O)CCC(=O)NCCCOC1CCC2(C)C(=CCC3C2CCC2(C)C(C(C)CCCC(C)C)CCC32)C1. The second kappa shape index (κ2) is 18.6. The van der Waals surface area contributed by atoms with Crippen LogP contribution in [0.1, 0.15) is 149 Å². The van der Waals surface area contributed by atoms with Crippen molar-refractivity contribution in [2.75, 3.05) is 13.2 Å². The molecule has 0 aromatic heterocycles. The van der Waals surface area contributed by atoms with Gasteiger partial charge in [-0.05, 0) is 135 Å². The van der Waals surface area contributed by atoms with Gasteiger partial charge in [-0.15, -0.1) is 0 Å². The van der Waals surface area contributed by atoms with Gasteiger partial charge in [-0.1, -0.05) is 77.7 Å². The van der Waals surface area contributed by atoms with Crippen molar-refractivity contribution < 1.29 is 19.1 Å². The summed E-state index contributed by atoms with van der Waals surface area (Å²) in [5.74, 6) is 4.71. The van der Waals surface area contributed by atoms with Gasteiger partial charge in [0.25, 0.3) is 0 Å². The summed E-state index contributed by atoms with van der Waals surface area (Å²) < 4.78 is 6.40. The summed E-state index contributed by atoms with van der Waals surface area (Å²) in [6, 6.07) is 8.89. The molecule has 1 aromatic rings. The number of nitrogens with zero attached hydrogens (tertiary/aromatic N) is 1. The van der Waals surface area contributed by atoms with Gasteiger partial charge < -0.3 is 15.4 Å². The van der Waals surface area contributed by atoms with E-state index >= 15 is 0 Å². The fraction of sp³-hybridized carbons (Fsp3) is 0.739. The van der Waals surface area contributed by atoms with Crippen molar-refractivity contribution in [1.82, 2.24) is 10.6 Å². The Bertz CT molecular complexity index is 1480. The highest BCUT2D eigenvalue weighted by Gasteiger charge is 2.59. The lowest BCUT2D eigenvalue weighted by Crippen LogP contribution is -2.51. The third-order valence-corrected chi connectivity index (χ3v) is 14.3. The zero-order valence-corrected chi connectivity index (χ0v) is 33.8. The zero-order chi connectivity index (χ0) is 38.2. The third kappa shape index (κ3) is 10.4. The van der Waals surface area contributed by atoms with Gasteiger partial charge in [0.05, 0.1) is 17.7 Å². The molecule has 0 aliphatic heterocycles. The Morgan fingerprint density at radius 1 is 0.943 bits per heavy atom. The number of nitrogens with one attached hydrogen (secondary N) is 2. The van der Waals surface area contributed by atoms with Crippen molar-refractivity contribution in [3.05, 3.63) is 47.0 Å². The topological polar surface area (TPSA) is 108 Å². The van der Waals surface area contributed by atoms with Crippen molar-refractivity contribution >= 4 is 17.6 Å². The molecule has 0 bridgehead atoms. The molecule has 1 aromatic carbocycles. The van der Waals surface area contributed by atoms with Crippen molar-refractivity contribution in [3.8, 4) is 6.07 Å². The fourth-order valence-electron chi connectivity index (χ4n) is 11.5. The van der Waals surface area contributed by atoms with Crippen LogP contribution < -0.4 is 10.6 Å². The molecule has 53 heavy (non-hydrogen) atoms. The molecule has 4 aliphatic rings. The molecular weight excluding hydrogens is 659 g/mol. The van der Waals surface area contributed by atoms with Crippen LogP contribution in [-0.4, -0.2) is 42.9 Å². The largest absolute Gasteiger partial charge is 0.378 e. The average molecular weight is 728 g/mol. The second-order valence-electron chi connectivity index (χ2n) is 18.4. The lowest BCUT2D eigenvalue weighted by molar-refractivity contribution is -0.127. The number of nitriles is 1. The van der Waals surface area contributed by atoms with Crippen LogP contribution in [0.4, 0.5) is 0 Å². The van der Waals surface area contributed by atoms with Gasteiger partial charge in [0.2, 0.25) is 11.8 Å². The van der Waals surface area contributed by atoms with E-state index in [1.54, 1.807) is 17.7 Å². The van der Waals surface area contributed by atoms with Gasteiger partial charge in [-0.2, -0.15) is 5.26 Å². The highest BCUT2D eigenvalue weighted by Crippen LogP contribution is 2.67. The molecule has 0 heterocycles. The standard InChI is InChI=1S/C46H69N3O4/c1-31(2)9-7-10-32(3)40-17-18-41-39-16-15-36-29-38(21-23-45(36,5)42(39)22-24-46(40,41)6)53-26-8-25-48-43(51)19-20-44(52)49-37(27-33(4)50)28-34-11-13-35(30-47)14-12-34/h11-15,31-32,37-42H,7-10,16-29H2,1-6H3,(H,48,51)(H,49,52). The fourth-order valence-corrected chi connectivity index (χ4v) is 11.5. The number of rotatable bonds is 18. The quantitative estimate of drug-likeness (QED) is 0.116. The van der Waals surface area contributed by atoms with Crippen LogP contribution in [0.15, 0.2) is 35.9 Å². The van der Waals surface area contributed by atoms with Crippen LogP contribution in [0.2, 0.25) is 0 Å². The summed E-state index contributed by atoms with van der Waals surface area (Å²) in [6.45, 7) is 15.2. The first-order chi connectivity index (χ1) is 25.3. The van der Waals surface area contributed by atoms with Crippen LogP contribution in [0.3, 0.4) is 0 Å². The molecule has 9 atom stereocenters. The molecule has 5 rings (SSSR count). The first kappa shape index (κ1) is 41.2. The number of benzene rings is 1. The molecule has 292 valence electrons. The number of hydrogen-bond donors (Lipinski definition) is 2. The smallest absolute Gasteiger partial charge is 0.220 e. The predicted molar refractivity (Wildman–Crippen MR) is 212 cm³/mol.